The van der Waals surface area contributed by atoms with Crippen molar-refractivity contribution in [3.05, 3.63) is 69.0 Å². The number of nitro groups is 1. The molecule has 0 spiro atoms. The number of hydrogen-bond donors (Lipinski definition) is 1. The molecular formula is C15H11ClN6O3. The third kappa shape index (κ3) is 3.45. The number of aromatic nitrogens is 4. The predicted octanol–water partition coefficient (Wildman–Crippen LogP) is 2.78. The van der Waals surface area contributed by atoms with Crippen molar-refractivity contribution in [3.8, 4) is 5.69 Å². The molecule has 0 aliphatic carbocycles. The van der Waals surface area contributed by atoms with Gasteiger partial charge >= 0.3 is 0 Å². The van der Waals surface area contributed by atoms with Crippen LogP contribution in [0.5, 0.6) is 0 Å². The van der Waals surface area contributed by atoms with E-state index >= 15 is 0 Å². The Labute approximate surface area is 146 Å². The number of carbonyl (C=O) groups is 1. The van der Waals surface area contributed by atoms with E-state index in [4.69, 9.17) is 11.6 Å². The summed E-state index contributed by atoms with van der Waals surface area (Å²) in [5.74, 6) is -0.480. The lowest BCUT2D eigenvalue weighted by atomic mass is 10.1. The van der Waals surface area contributed by atoms with Crippen LogP contribution in [-0.4, -0.2) is 31.0 Å². The summed E-state index contributed by atoms with van der Waals surface area (Å²) in [4.78, 5) is 22.5. The first kappa shape index (κ1) is 16.5. The fourth-order valence-electron chi connectivity index (χ4n) is 2.21. The Balaban J connectivity index is 1.87. The predicted molar refractivity (Wildman–Crippen MR) is 90.0 cm³/mol. The third-order valence-electron chi connectivity index (χ3n) is 3.47. The maximum absolute atomic E-state index is 12.4. The smallest absolute Gasteiger partial charge is 0.270 e. The van der Waals surface area contributed by atoms with Crippen LogP contribution in [0.25, 0.3) is 5.69 Å². The highest BCUT2D eigenvalue weighted by atomic mass is 35.5. The van der Waals surface area contributed by atoms with Gasteiger partial charge in [-0.1, -0.05) is 17.7 Å². The SMILES string of the molecule is Cc1ccc(NC(=O)c2ccc([N+](=O)[O-])cc2Cl)cc1-n1cnnn1. The molecule has 0 aliphatic rings. The summed E-state index contributed by atoms with van der Waals surface area (Å²) in [6.07, 6.45) is 1.45. The molecule has 0 radical (unpaired) electrons. The average Bonchev–Trinajstić information content (AvgIpc) is 3.10. The molecule has 1 heterocycles. The third-order valence-corrected chi connectivity index (χ3v) is 3.78. The number of hydrogen-bond acceptors (Lipinski definition) is 6. The van der Waals surface area contributed by atoms with Gasteiger partial charge in [0.2, 0.25) is 0 Å². The molecular weight excluding hydrogens is 348 g/mol. The highest BCUT2D eigenvalue weighted by molar-refractivity contribution is 6.34. The van der Waals surface area contributed by atoms with E-state index < -0.39 is 10.8 Å². The Kier molecular flexibility index (Phi) is 4.40. The van der Waals surface area contributed by atoms with Crippen molar-refractivity contribution in [3.63, 3.8) is 0 Å². The fourth-order valence-corrected chi connectivity index (χ4v) is 2.47. The molecule has 126 valence electrons. The molecule has 0 unspecified atom stereocenters. The van der Waals surface area contributed by atoms with Crippen LogP contribution in [0.4, 0.5) is 11.4 Å². The van der Waals surface area contributed by atoms with Gasteiger partial charge in [-0.05, 0) is 41.1 Å². The molecule has 0 saturated heterocycles. The Morgan fingerprint density at radius 3 is 2.72 bits per heavy atom. The fraction of sp³-hybridized carbons (Fsp3) is 0.0667. The van der Waals surface area contributed by atoms with E-state index in [2.05, 4.69) is 20.8 Å². The van der Waals surface area contributed by atoms with Crippen LogP contribution in [0.1, 0.15) is 15.9 Å². The standard InChI is InChI=1S/C15H11ClN6O3/c1-9-2-3-10(6-14(9)21-8-17-19-20-21)18-15(23)12-5-4-11(22(24)25)7-13(12)16/h2-8H,1H3,(H,18,23). The summed E-state index contributed by atoms with van der Waals surface area (Å²) in [6.45, 7) is 1.88. The van der Waals surface area contributed by atoms with Gasteiger partial charge in [0, 0.05) is 17.8 Å². The summed E-state index contributed by atoms with van der Waals surface area (Å²) in [5.41, 5.74) is 2.08. The summed E-state index contributed by atoms with van der Waals surface area (Å²) in [5, 5.41) is 24.4. The maximum Gasteiger partial charge on any atom is 0.270 e. The summed E-state index contributed by atoms with van der Waals surface area (Å²) in [7, 11) is 0. The second-order valence-electron chi connectivity index (χ2n) is 5.13. The normalized spacial score (nSPS) is 10.5. The van der Waals surface area contributed by atoms with Crippen LogP contribution in [-0.2, 0) is 0 Å². The van der Waals surface area contributed by atoms with Crippen LogP contribution >= 0.6 is 11.6 Å². The van der Waals surface area contributed by atoms with E-state index in [1.807, 2.05) is 13.0 Å². The zero-order valence-electron chi connectivity index (χ0n) is 12.9. The number of tetrazole rings is 1. The monoisotopic (exact) mass is 358 g/mol. The van der Waals surface area contributed by atoms with E-state index in [9.17, 15) is 14.9 Å². The Hall–Kier alpha value is -3.33. The van der Waals surface area contributed by atoms with E-state index in [-0.39, 0.29) is 16.3 Å². The van der Waals surface area contributed by atoms with E-state index in [1.165, 1.54) is 23.1 Å². The molecule has 0 bridgehead atoms. The van der Waals surface area contributed by atoms with Gasteiger partial charge < -0.3 is 5.32 Å². The van der Waals surface area contributed by atoms with Crippen LogP contribution in [0.15, 0.2) is 42.7 Å². The van der Waals surface area contributed by atoms with Crippen LogP contribution in [0, 0.1) is 17.0 Å². The van der Waals surface area contributed by atoms with Gasteiger partial charge in [-0.3, -0.25) is 14.9 Å². The minimum Gasteiger partial charge on any atom is -0.322 e. The highest BCUT2D eigenvalue weighted by Crippen LogP contribution is 2.24. The van der Waals surface area contributed by atoms with E-state index in [0.717, 1.165) is 11.6 Å². The molecule has 1 amide bonds. The Bertz CT molecular complexity index is 958. The van der Waals surface area contributed by atoms with Crippen molar-refractivity contribution in [2.24, 2.45) is 0 Å². The molecule has 2 aromatic carbocycles. The number of nitro benzene ring substituents is 1. The number of non-ortho nitro benzene ring substituents is 1. The average molecular weight is 359 g/mol. The van der Waals surface area contributed by atoms with Gasteiger partial charge in [-0.2, -0.15) is 0 Å². The highest BCUT2D eigenvalue weighted by Gasteiger charge is 2.15. The minimum absolute atomic E-state index is 0.000452. The molecule has 0 atom stereocenters. The number of carbonyl (C=O) groups excluding carboxylic acids is 1. The second kappa shape index (κ2) is 6.65. The quantitative estimate of drug-likeness (QED) is 0.566. The van der Waals surface area contributed by atoms with Crippen LogP contribution in [0.3, 0.4) is 0 Å². The lowest BCUT2D eigenvalue weighted by molar-refractivity contribution is -0.384. The maximum atomic E-state index is 12.4. The van der Waals surface area contributed by atoms with Crippen LogP contribution < -0.4 is 5.32 Å². The van der Waals surface area contributed by atoms with Gasteiger partial charge in [0.1, 0.15) is 6.33 Å². The Morgan fingerprint density at radius 1 is 1.28 bits per heavy atom. The van der Waals surface area contributed by atoms with Gasteiger partial charge in [-0.25, -0.2) is 4.68 Å². The summed E-state index contributed by atoms with van der Waals surface area (Å²) in [6, 6.07) is 8.92. The first-order valence-corrected chi connectivity index (χ1v) is 7.43. The lowest BCUT2D eigenvalue weighted by Gasteiger charge is -2.10. The molecule has 3 aromatic rings. The summed E-state index contributed by atoms with van der Waals surface area (Å²) < 4.78 is 1.48. The van der Waals surface area contributed by atoms with Gasteiger partial charge in [0.25, 0.3) is 11.6 Å². The van der Waals surface area contributed by atoms with Crippen molar-refractivity contribution in [2.75, 3.05) is 5.32 Å². The number of amides is 1. The van der Waals surface area contributed by atoms with Crippen molar-refractivity contribution in [2.45, 2.75) is 6.92 Å². The molecule has 25 heavy (non-hydrogen) atoms. The largest absolute Gasteiger partial charge is 0.322 e. The molecule has 0 fully saturated rings. The minimum atomic E-state index is -0.577. The number of anilines is 1. The van der Waals surface area contributed by atoms with Crippen molar-refractivity contribution < 1.29 is 9.72 Å². The number of nitrogens with zero attached hydrogens (tertiary/aromatic N) is 5. The zero-order chi connectivity index (χ0) is 18.0. The van der Waals surface area contributed by atoms with E-state index in [1.54, 1.807) is 12.1 Å². The zero-order valence-corrected chi connectivity index (χ0v) is 13.6. The van der Waals surface area contributed by atoms with Crippen molar-refractivity contribution in [1.82, 2.24) is 20.2 Å². The van der Waals surface area contributed by atoms with Gasteiger partial charge in [0.15, 0.2) is 0 Å². The number of halogens is 1. The first-order chi connectivity index (χ1) is 12.0. The number of benzene rings is 2. The van der Waals surface area contributed by atoms with Crippen molar-refractivity contribution in [1.29, 1.82) is 0 Å². The lowest BCUT2D eigenvalue weighted by Crippen LogP contribution is -2.13. The number of aryl methyl sites for hydroxylation is 1. The van der Waals surface area contributed by atoms with Gasteiger partial charge in [0.05, 0.1) is 21.2 Å². The summed E-state index contributed by atoms with van der Waals surface area (Å²) >= 11 is 5.98. The molecule has 10 heteroatoms. The topological polar surface area (TPSA) is 116 Å². The molecule has 0 aliphatic heterocycles. The molecule has 9 nitrogen and oxygen atoms in total. The molecule has 3 rings (SSSR count). The number of nitrogens with one attached hydrogen (secondary N) is 1. The Morgan fingerprint density at radius 2 is 2.08 bits per heavy atom. The number of rotatable bonds is 4. The molecule has 0 saturated carbocycles. The molecule has 1 N–H and O–H groups in total. The first-order valence-electron chi connectivity index (χ1n) is 7.05. The van der Waals surface area contributed by atoms with E-state index in [0.29, 0.717) is 11.4 Å². The second-order valence-corrected chi connectivity index (χ2v) is 5.54. The molecule has 1 aromatic heterocycles. The van der Waals surface area contributed by atoms with Crippen molar-refractivity contribution >= 4 is 28.9 Å². The van der Waals surface area contributed by atoms with Crippen LogP contribution in [0.2, 0.25) is 5.02 Å². The van der Waals surface area contributed by atoms with Gasteiger partial charge in [-0.15, -0.1) is 5.10 Å².